The van der Waals surface area contributed by atoms with Crippen LogP contribution in [0.3, 0.4) is 0 Å². The van der Waals surface area contributed by atoms with Crippen LogP contribution >= 0.6 is 0 Å². The molecule has 150 valence electrons. The third-order valence-corrected chi connectivity index (χ3v) is 4.55. The molecule has 1 atom stereocenters. The van der Waals surface area contributed by atoms with Crippen LogP contribution in [0.5, 0.6) is 0 Å². The van der Waals surface area contributed by atoms with Crippen molar-refractivity contribution in [2.75, 3.05) is 26.0 Å². The third kappa shape index (κ3) is 3.93. The highest BCUT2D eigenvalue weighted by molar-refractivity contribution is 6.10. The minimum absolute atomic E-state index is 0.207. The van der Waals surface area contributed by atoms with Crippen molar-refractivity contribution in [3.8, 4) is 0 Å². The van der Waals surface area contributed by atoms with Crippen LogP contribution in [-0.4, -0.2) is 59.2 Å². The summed E-state index contributed by atoms with van der Waals surface area (Å²) in [7, 11) is 3.26. The fourth-order valence-electron chi connectivity index (χ4n) is 3.00. The molecule has 2 heterocycles. The fraction of sp³-hybridized carbons (Fsp3) is 0.250. The molecule has 0 saturated carbocycles. The number of benzene rings is 1. The summed E-state index contributed by atoms with van der Waals surface area (Å²) in [6.45, 7) is 1.09. The lowest BCUT2D eigenvalue weighted by molar-refractivity contribution is -0.133. The number of anilines is 1. The van der Waals surface area contributed by atoms with Crippen molar-refractivity contribution < 1.29 is 19.2 Å². The third-order valence-electron chi connectivity index (χ3n) is 4.55. The minimum Gasteiger partial charge on any atom is -0.345 e. The van der Waals surface area contributed by atoms with Gasteiger partial charge in [0, 0.05) is 31.5 Å². The summed E-state index contributed by atoms with van der Waals surface area (Å²) >= 11 is 0. The Morgan fingerprint density at radius 1 is 1.17 bits per heavy atom. The lowest BCUT2D eigenvalue weighted by atomic mass is 9.97. The number of hydrogen-bond donors (Lipinski definition) is 2. The van der Waals surface area contributed by atoms with Crippen LogP contribution in [0.15, 0.2) is 48.7 Å². The second kappa shape index (κ2) is 7.70. The van der Waals surface area contributed by atoms with Gasteiger partial charge < -0.3 is 15.5 Å². The summed E-state index contributed by atoms with van der Waals surface area (Å²) in [6.07, 6.45) is 1.53. The molecule has 1 unspecified atom stereocenters. The highest BCUT2D eigenvalue weighted by atomic mass is 16.2. The first-order chi connectivity index (χ1) is 13.7. The molecule has 1 fully saturated rings. The van der Waals surface area contributed by atoms with Gasteiger partial charge in [-0.15, -0.1) is 0 Å². The molecule has 0 aliphatic carbocycles. The first kappa shape index (κ1) is 20.0. The largest absolute Gasteiger partial charge is 0.345 e. The van der Waals surface area contributed by atoms with Gasteiger partial charge in [-0.1, -0.05) is 12.1 Å². The van der Waals surface area contributed by atoms with Gasteiger partial charge in [0.05, 0.1) is 5.69 Å². The van der Waals surface area contributed by atoms with Gasteiger partial charge in [-0.2, -0.15) is 0 Å². The molecule has 3 rings (SSSR count). The molecule has 9 heteroatoms. The summed E-state index contributed by atoms with van der Waals surface area (Å²) in [5.74, 6) is -1.33. The second-order valence-electron chi connectivity index (χ2n) is 6.99. The van der Waals surface area contributed by atoms with E-state index >= 15 is 0 Å². The van der Waals surface area contributed by atoms with Gasteiger partial charge in [0.25, 0.3) is 11.8 Å². The summed E-state index contributed by atoms with van der Waals surface area (Å²) in [5, 5.41) is 5.21. The lowest BCUT2D eigenvalue weighted by Gasteiger charge is -2.20. The van der Waals surface area contributed by atoms with Crippen LogP contribution < -0.4 is 10.6 Å². The van der Waals surface area contributed by atoms with Crippen molar-refractivity contribution >= 4 is 29.4 Å². The average molecular weight is 395 g/mol. The Labute approximate surface area is 167 Å². The highest BCUT2D eigenvalue weighted by Gasteiger charge is 2.50. The van der Waals surface area contributed by atoms with Crippen LogP contribution in [0.1, 0.15) is 23.0 Å². The number of carbonyl (C=O) groups is 4. The molecule has 2 aromatic rings. The first-order valence-electron chi connectivity index (χ1n) is 8.89. The molecule has 1 aliphatic heterocycles. The number of amides is 5. The standard InChI is InChI=1S/C20H21N5O4/c1-20(15-9-4-5-10-21-15)18(28)25(19(29)23-20)12-16(26)22-14-8-6-7-13(11-14)17(27)24(2)3/h4-11H,12H2,1-3H3,(H,22,26)(H,23,29). The number of carbonyl (C=O) groups excluding carboxylic acids is 4. The highest BCUT2D eigenvalue weighted by Crippen LogP contribution is 2.27. The first-order valence-corrected chi connectivity index (χ1v) is 8.89. The maximum atomic E-state index is 12.8. The van der Waals surface area contributed by atoms with Gasteiger partial charge in [0.1, 0.15) is 6.54 Å². The van der Waals surface area contributed by atoms with Gasteiger partial charge in [-0.05, 0) is 37.3 Å². The Hall–Kier alpha value is -3.75. The maximum Gasteiger partial charge on any atom is 0.325 e. The summed E-state index contributed by atoms with van der Waals surface area (Å²) in [4.78, 5) is 56.0. The van der Waals surface area contributed by atoms with Gasteiger partial charge in [0.15, 0.2) is 5.54 Å². The topological polar surface area (TPSA) is 112 Å². The number of hydrogen-bond acceptors (Lipinski definition) is 5. The molecule has 2 N–H and O–H groups in total. The van der Waals surface area contributed by atoms with Gasteiger partial charge in [0.2, 0.25) is 5.91 Å². The van der Waals surface area contributed by atoms with Crippen LogP contribution in [0.25, 0.3) is 0 Å². The van der Waals surface area contributed by atoms with E-state index in [0.29, 0.717) is 16.9 Å². The van der Waals surface area contributed by atoms with Crippen molar-refractivity contribution in [1.29, 1.82) is 0 Å². The zero-order valence-electron chi connectivity index (χ0n) is 16.3. The normalized spacial score (nSPS) is 18.4. The zero-order chi connectivity index (χ0) is 21.2. The maximum absolute atomic E-state index is 12.8. The molecule has 1 saturated heterocycles. The summed E-state index contributed by atoms with van der Waals surface area (Å²) < 4.78 is 0. The molecule has 0 spiro atoms. The summed E-state index contributed by atoms with van der Waals surface area (Å²) in [5.41, 5.74) is -0.152. The predicted molar refractivity (Wildman–Crippen MR) is 105 cm³/mol. The Balaban J connectivity index is 1.71. The van der Waals surface area contributed by atoms with Crippen LogP contribution in [-0.2, 0) is 15.1 Å². The van der Waals surface area contributed by atoms with Crippen LogP contribution in [0.2, 0.25) is 0 Å². The number of nitrogens with one attached hydrogen (secondary N) is 2. The minimum atomic E-state index is -1.34. The quantitative estimate of drug-likeness (QED) is 0.739. The number of nitrogens with zero attached hydrogens (tertiary/aromatic N) is 3. The second-order valence-corrected chi connectivity index (χ2v) is 6.99. The monoisotopic (exact) mass is 395 g/mol. The molecule has 1 aromatic heterocycles. The van der Waals surface area contributed by atoms with E-state index in [2.05, 4.69) is 15.6 Å². The smallest absolute Gasteiger partial charge is 0.325 e. The van der Waals surface area contributed by atoms with E-state index in [-0.39, 0.29) is 5.91 Å². The Morgan fingerprint density at radius 3 is 2.59 bits per heavy atom. The molecular formula is C20H21N5O4. The molecule has 9 nitrogen and oxygen atoms in total. The zero-order valence-corrected chi connectivity index (χ0v) is 16.3. The predicted octanol–water partition coefficient (Wildman–Crippen LogP) is 1.19. The molecule has 1 aliphatic rings. The summed E-state index contributed by atoms with van der Waals surface area (Å²) in [6, 6.07) is 10.8. The number of pyridine rings is 1. The molecule has 5 amide bonds. The fourth-order valence-corrected chi connectivity index (χ4v) is 3.00. The van der Waals surface area contributed by atoms with Crippen molar-refractivity contribution in [3.63, 3.8) is 0 Å². The molecular weight excluding hydrogens is 374 g/mol. The Morgan fingerprint density at radius 2 is 1.93 bits per heavy atom. The lowest BCUT2D eigenvalue weighted by Crippen LogP contribution is -2.42. The van der Waals surface area contributed by atoms with E-state index in [0.717, 1.165) is 4.90 Å². The van der Waals surface area contributed by atoms with Crippen LogP contribution in [0.4, 0.5) is 10.5 Å². The van der Waals surface area contributed by atoms with Crippen molar-refractivity contribution in [2.24, 2.45) is 0 Å². The molecule has 1 aromatic carbocycles. The van der Waals surface area contributed by atoms with E-state index in [1.807, 2.05) is 0 Å². The van der Waals surface area contributed by atoms with E-state index in [1.54, 1.807) is 57.4 Å². The van der Waals surface area contributed by atoms with Crippen molar-refractivity contribution in [3.05, 3.63) is 59.9 Å². The van der Waals surface area contributed by atoms with Gasteiger partial charge >= 0.3 is 6.03 Å². The number of rotatable bonds is 5. The SMILES string of the molecule is CN(C)C(=O)c1cccc(NC(=O)CN2C(=O)NC(C)(c3ccccn3)C2=O)c1. The average Bonchev–Trinajstić information content (AvgIpc) is 2.92. The Kier molecular flexibility index (Phi) is 5.31. The van der Waals surface area contributed by atoms with Gasteiger partial charge in [-0.25, -0.2) is 4.79 Å². The Bertz CT molecular complexity index is 976. The van der Waals surface area contributed by atoms with E-state index in [4.69, 9.17) is 0 Å². The van der Waals surface area contributed by atoms with E-state index in [1.165, 1.54) is 17.2 Å². The van der Waals surface area contributed by atoms with Crippen molar-refractivity contribution in [1.82, 2.24) is 20.1 Å². The molecule has 0 bridgehead atoms. The molecule has 29 heavy (non-hydrogen) atoms. The number of aromatic nitrogens is 1. The number of urea groups is 1. The van der Waals surface area contributed by atoms with Gasteiger partial charge in [-0.3, -0.25) is 24.3 Å². The van der Waals surface area contributed by atoms with E-state index in [9.17, 15) is 19.2 Å². The van der Waals surface area contributed by atoms with Crippen molar-refractivity contribution in [2.45, 2.75) is 12.5 Å². The van der Waals surface area contributed by atoms with E-state index < -0.39 is 29.9 Å². The molecule has 0 radical (unpaired) electrons. The number of imide groups is 1. The van der Waals surface area contributed by atoms with Crippen LogP contribution in [0, 0.1) is 0 Å².